The van der Waals surface area contributed by atoms with Crippen molar-refractivity contribution in [1.82, 2.24) is 4.98 Å². The topological polar surface area (TPSA) is 53.4 Å². The molecule has 1 aliphatic rings. The molecule has 3 rings (SSSR count). The number of para-hydroxylation sites is 1. The van der Waals surface area contributed by atoms with Gasteiger partial charge in [-0.25, -0.2) is 4.98 Å². The van der Waals surface area contributed by atoms with Gasteiger partial charge in [0.05, 0.1) is 10.2 Å². The Labute approximate surface area is 108 Å². The van der Waals surface area contributed by atoms with Crippen molar-refractivity contribution in [3.63, 3.8) is 0 Å². The Bertz CT molecular complexity index is 641. The van der Waals surface area contributed by atoms with Crippen LogP contribution in [-0.2, 0) is 4.79 Å². The molecule has 1 amide bonds. The summed E-state index contributed by atoms with van der Waals surface area (Å²) in [7, 11) is 0. The van der Waals surface area contributed by atoms with E-state index >= 15 is 0 Å². The molecule has 2 heterocycles. The molecule has 18 heavy (non-hydrogen) atoms. The monoisotopic (exact) mass is 260 g/mol. The summed E-state index contributed by atoms with van der Waals surface area (Å²) in [6, 6.07) is 7.69. The maximum Gasteiger partial charge on any atom is 0.258 e. The van der Waals surface area contributed by atoms with E-state index in [0.29, 0.717) is 16.3 Å². The van der Waals surface area contributed by atoms with Crippen LogP contribution in [0.1, 0.15) is 13.8 Å². The predicted octanol–water partition coefficient (Wildman–Crippen LogP) is 2.30. The van der Waals surface area contributed by atoms with E-state index in [1.54, 1.807) is 13.8 Å². The minimum atomic E-state index is -0.891. The first-order valence-corrected chi connectivity index (χ1v) is 6.46. The Morgan fingerprint density at radius 1 is 1.33 bits per heavy atom. The lowest BCUT2D eigenvalue weighted by atomic mass is 10.2. The van der Waals surface area contributed by atoms with Gasteiger partial charge >= 0.3 is 0 Å². The molecule has 1 aromatic carbocycles. The third-order valence-corrected chi connectivity index (χ3v) is 4.29. The Hall–Kier alpha value is -1.72. The number of carbonyl (C=O) groups excluding carboxylic acids is 1. The van der Waals surface area contributed by atoms with Gasteiger partial charge in [-0.1, -0.05) is 23.5 Å². The summed E-state index contributed by atoms with van der Waals surface area (Å²) < 4.78 is 1.01. The van der Waals surface area contributed by atoms with Crippen LogP contribution in [0, 0.1) is 0 Å². The molecule has 0 aliphatic carbocycles. The van der Waals surface area contributed by atoms with E-state index in [-0.39, 0.29) is 5.91 Å². The summed E-state index contributed by atoms with van der Waals surface area (Å²) in [5, 5.41) is 10.6. The molecule has 0 bridgehead atoms. The minimum absolute atomic E-state index is 0.168. The summed E-state index contributed by atoms with van der Waals surface area (Å²) in [5.41, 5.74) is 2.14. The summed E-state index contributed by atoms with van der Waals surface area (Å²) >= 11 is 1.41. The summed E-state index contributed by atoms with van der Waals surface area (Å²) in [6.45, 7) is 3.50. The number of benzene rings is 1. The van der Waals surface area contributed by atoms with Crippen LogP contribution in [0.5, 0.6) is 0 Å². The van der Waals surface area contributed by atoms with Gasteiger partial charge in [-0.3, -0.25) is 9.69 Å². The Morgan fingerprint density at radius 3 is 2.67 bits per heavy atom. The number of hydrogen-bond acceptors (Lipinski definition) is 4. The highest BCUT2D eigenvalue weighted by molar-refractivity contribution is 7.22. The second-order valence-corrected chi connectivity index (χ2v) is 5.33. The van der Waals surface area contributed by atoms with Crippen molar-refractivity contribution in [2.24, 2.45) is 0 Å². The highest BCUT2D eigenvalue weighted by atomic mass is 32.1. The molecule has 0 saturated heterocycles. The lowest BCUT2D eigenvalue weighted by Gasteiger charge is -2.18. The van der Waals surface area contributed by atoms with Gasteiger partial charge < -0.3 is 5.11 Å². The normalized spacial score (nSPS) is 20.3. The van der Waals surface area contributed by atoms with Crippen LogP contribution in [0.2, 0.25) is 0 Å². The van der Waals surface area contributed by atoms with E-state index in [0.717, 1.165) is 10.2 Å². The first-order valence-electron chi connectivity index (χ1n) is 5.64. The lowest BCUT2D eigenvalue weighted by Crippen LogP contribution is -2.35. The second kappa shape index (κ2) is 3.90. The number of hydrogen-bond donors (Lipinski definition) is 1. The summed E-state index contributed by atoms with van der Waals surface area (Å²) in [4.78, 5) is 17.8. The fraction of sp³-hybridized carbons (Fsp3) is 0.231. The molecule has 0 fully saturated rings. The van der Waals surface area contributed by atoms with Crippen molar-refractivity contribution in [2.45, 2.75) is 20.1 Å². The smallest absolute Gasteiger partial charge is 0.258 e. The zero-order valence-corrected chi connectivity index (χ0v) is 10.9. The zero-order chi connectivity index (χ0) is 12.9. The third-order valence-electron chi connectivity index (χ3n) is 3.25. The minimum Gasteiger partial charge on any atom is -0.369 e. The van der Waals surface area contributed by atoms with Gasteiger partial charge in [0.25, 0.3) is 5.91 Å². The van der Waals surface area contributed by atoms with Gasteiger partial charge in [-0.2, -0.15) is 0 Å². The number of aromatic nitrogens is 1. The molecule has 1 aromatic heterocycles. The lowest BCUT2D eigenvalue weighted by molar-refractivity contribution is -0.115. The molecule has 1 atom stereocenters. The molecule has 2 aromatic rings. The zero-order valence-electron chi connectivity index (χ0n) is 10.0. The number of thiazole rings is 1. The van der Waals surface area contributed by atoms with E-state index < -0.39 is 6.23 Å². The van der Waals surface area contributed by atoms with Crippen molar-refractivity contribution in [1.29, 1.82) is 0 Å². The van der Waals surface area contributed by atoms with E-state index in [1.165, 1.54) is 16.2 Å². The molecule has 1 N–H and O–H groups in total. The Morgan fingerprint density at radius 2 is 2.06 bits per heavy atom. The van der Waals surface area contributed by atoms with E-state index in [1.807, 2.05) is 24.3 Å². The van der Waals surface area contributed by atoms with Crippen LogP contribution >= 0.6 is 11.3 Å². The van der Waals surface area contributed by atoms with E-state index in [4.69, 9.17) is 0 Å². The highest BCUT2D eigenvalue weighted by Crippen LogP contribution is 2.34. The van der Waals surface area contributed by atoms with Crippen molar-refractivity contribution < 1.29 is 9.90 Å². The van der Waals surface area contributed by atoms with Crippen molar-refractivity contribution in [3.8, 4) is 0 Å². The maximum absolute atomic E-state index is 12.1. The molecular formula is C13H12N2O2S. The molecule has 1 aliphatic heterocycles. The molecule has 92 valence electrons. The van der Waals surface area contributed by atoms with Crippen molar-refractivity contribution in [2.75, 3.05) is 4.90 Å². The second-order valence-electron chi connectivity index (χ2n) is 4.32. The third kappa shape index (κ3) is 1.48. The highest BCUT2D eigenvalue weighted by Gasteiger charge is 2.36. The van der Waals surface area contributed by atoms with E-state index in [9.17, 15) is 9.90 Å². The van der Waals surface area contributed by atoms with Crippen LogP contribution in [0.3, 0.4) is 0 Å². The average Bonchev–Trinajstić information content (AvgIpc) is 2.86. The number of amides is 1. The predicted molar refractivity (Wildman–Crippen MR) is 71.5 cm³/mol. The first-order chi connectivity index (χ1) is 8.59. The standard InChI is InChI=1S/C13H12N2O2S/c1-7-8(2)12(17)15(11(7)16)13-14-9-5-3-4-6-10(9)18-13/h3-6,11,16H,1-2H3. The number of aliphatic hydroxyl groups excluding tert-OH is 1. The van der Waals surface area contributed by atoms with Gasteiger partial charge in [-0.15, -0.1) is 0 Å². The quantitative estimate of drug-likeness (QED) is 0.856. The maximum atomic E-state index is 12.1. The Kier molecular flexibility index (Phi) is 2.46. The number of aliphatic hydroxyl groups is 1. The number of nitrogens with zero attached hydrogens (tertiary/aromatic N) is 2. The van der Waals surface area contributed by atoms with Crippen molar-refractivity contribution in [3.05, 3.63) is 35.4 Å². The van der Waals surface area contributed by atoms with Crippen LogP contribution in [-0.4, -0.2) is 22.2 Å². The number of carbonyl (C=O) groups is 1. The van der Waals surface area contributed by atoms with Gasteiger partial charge in [0.15, 0.2) is 11.4 Å². The van der Waals surface area contributed by atoms with Crippen LogP contribution in [0.15, 0.2) is 35.4 Å². The molecule has 5 heteroatoms. The average molecular weight is 260 g/mol. The fourth-order valence-electron chi connectivity index (χ4n) is 2.00. The van der Waals surface area contributed by atoms with Gasteiger partial charge in [0.1, 0.15) is 0 Å². The molecule has 0 spiro atoms. The van der Waals surface area contributed by atoms with Crippen LogP contribution in [0.4, 0.5) is 5.13 Å². The molecule has 4 nitrogen and oxygen atoms in total. The molecule has 0 saturated carbocycles. The molecule has 0 radical (unpaired) electrons. The van der Waals surface area contributed by atoms with Crippen LogP contribution in [0.25, 0.3) is 10.2 Å². The van der Waals surface area contributed by atoms with Gasteiger partial charge in [0.2, 0.25) is 0 Å². The number of anilines is 1. The number of fused-ring (bicyclic) bond motifs is 1. The number of rotatable bonds is 1. The van der Waals surface area contributed by atoms with Gasteiger partial charge in [0, 0.05) is 5.57 Å². The van der Waals surface area contributed by atoms with Crippen LogP contribution < -0.4 is 4.90 Å². The first kappa shape index (κ1) is 11.4. The Balaban J connectivity index is 2.09. The summed E-state index contributed by atoms with van der Waals surface area (Å²) in [5.74, 6) is -0.168. The molecule has 1 unspecified atom stereocenters. The van der Waals surface area contributed by atoms with E-state index in [2.05, 4.69) is 4.98 Å². The van der Waals surface area contributed by atoms with Gasteiger partial charge in [-0.05, 0) is 31.6 Å². The largest absolute Gasteiger partial charge is 0.369 e. The molecular weight excluding hydrogens is 248 g/mol. The summed E-state index contributed by atoms with van der Waals surface area (Å²) in [6.07, 6.45) is -0.891. The van der Waals surface area contributed by atoms with Crippen molar-refractivity contribution >= 4 is 32.6 Å². The fourth-order valence-corrected chi connectivity index (χ4v) is 2.99. The SMILES string of the molecule is CC1=C(C)C(O)N(c2nc3ccccc3s2)C1=O.